The van der Waals surface area contributed by atoms with Gasteiger partial charge in [-0.1, -0.05) is 0 Å². The van der Waals surface area contributed by atoms with Crippen molar-refractivity contribution in [1.29, 1.82) is 0 Å². The molecule has 3 nitrogen and oxygen atoms in total. The van der Waals surface area contributed by atoms with Gasteiger partial charge in [-0.15, -0.1) is 0 Å². The van der Waals surface area contributed by atoms with Crippen molar-refractivity contribution in [2.75, 3.05) is 6.54 Å². The molecule has 0 saturated carbocycles. The molecule has 90 valence electrons. The molecule has 1 atom stereocenters. The number of aromatic hydroxyl groups is 1. The van der Waals surface area contributed by atoms with Crippen molar-refractivity contribution in [2.24, 2.45) is 11.5 Å². The van der Waals surface area contributed by atoms with Crippen LogP contribution in [0.4, 0.5) is 17.6 Å². The summed E-state index contributed by atoms with van der Waals surface area (Å²) in [6.07, 6.45) is -4.79. The van der Waals surface area contributed by atoms with Crippen molar-refractivity contribution >= 4 is 0 Å². The van der Waals surface area contributed by atoms with E-state index >= 15 is 0 Å². The normalized spacial score (nSPS) is 13.9. The van der Waals surface area contributed by atoms with Gasteiger partial charge in [-0.2, -0.15) is 13.2 Å². The van der Waals surface area contributed by atoms with Crippen molar-refractivity contribution in [2.45, 2.75) is 12.2 Å². The molecule has 1 aromatic rings. The number of phenolic OH excluding ortho intramolecular Hbond substituents is 1. The van der Waals surface area contributed by atoms with Gasteiger partial charge in [0.05, 0.1) is 5.56 Å². The minimum atomic E-state index is -4.79. The molecule has 0 amide bonds. The smallest absolute Gasteiger partial charge is 0.416 e. The Labute approximate surface area is 88.7 Å². The van der Waals surface area contributed by atoms with Gasteiger partial charge in [-0.05, 0) is 6.07 Å². The molecule has 0 unspecified atom stereocenters. The minimum Gasteiger partial charge on any atom is -0.507 e. The van der Waals surface area contributed by atoms with Gasteiger partial charge >= 0.3 is 6.18 Å². The maximum absolute atomic E-state index is 12.8. The summed E-state index contributed by atoms with van der Waals surface area (Å²) in [5, 5.41) is 9.26. The lowest BCUT2D eigenvalue weighted by molar-refractivity contribution is -0.138. The highest BCUT2D eigenvalue weighted by Crippen LogP contribution is 2.38. The van der Waals surface area contributed by atoms with Gasteiger partial charge in [0.25, 0.3) is 0 Å². The summed E-state index contributed by atoms with van der Waals surface area (Å²) in [5.74, 6) is -2.02. The molecule has 7 heteroatoms. The number of alkyl halides is 3. The Bertz CT molecular complexity index is 392. The van der Waals surface area contributed by atoms with Gasteiger partial charge in [-0.3, -0.25) is 0 Å². The zero-order valence-corrected chi connectivity index (χ0v) is 8.05. The van der Waals surface area contributed by atoms with Crippen LogP contribution in [0.5, 0.6) is 5.75 Å². The maximum atomic E-state index is 12.8. The van der Waals surface area contributed by atoms with Gasteiger partial charge in [0.2, 0.25) is 0 Å². The second-order valence-electron chi connectivity index (χ2n) is 3.23. The molecule has 1 rings (SSSR count). The highest BCUT2D eigenvalue weighted by atomic mass is 19.4. The second kappa shape index (κ2) is 4.26. The van der Waals surface area contributed by atoms with Crippen LogP contribution in [0, 0.1) is 5.82 Å². The largest absolute Gasteiger partial charge is 0.507 e. The van der Waals surface area contributed by atoms with Crippen molar-refractivity contribution in [3.8, 4) is 5.75 Å². The number of hydrogen-bond donors (Lipinski definition) is 3. The van der Waals surface area contributed by atoms with Gasteiger partial charge in [-0.25, -0.2) is 4.39 Å². The average molecular weight is 238 g/mol. The third-order valence-electron chi connectivity index (χ3n) is 2.05. The predicted octanol–water partition coefficient (Wildman–Crippen LogP) is 1.51. The van der Waals surface area contributed by atoms with Crippen LogP contribution in [0.15, 0.2) is 12.1 Å². The Morgan fingerprint density at radius 2 is 1.88 bits per heavy atom. The molecule has 5 N–H and O–H groups in total. The predicted molar refractivity (Wildman–Crippen MR) is 49.0 cm³/mol. The fourth-order valence-corrected chi connectivity index (χ4v) is 1.35. The molecule has 16 heavy (non-hydrogen) atoms. The van der Waals surface area contributed by atoms with Gasteiger partial charge in [0, 0.05) is 24.2 Å². The Kier molecular flexibility index (Phi) is 3.39. The Morgan fingerprint density at radius 3 is 2.31 bits per heavy atom. The lowest BCUT2D eigenvalue weighted by Crippen LogP contribution is -2.24. The van der Waals surface area contributed by atoms with E-state index < -0.39 is 34.9 Å². The van der Waals surface area contributed by atoms with Crippen molar-refractivity contribution in [3.05, 3.63) is 29.1 Å². The van der Waals surface area contributed by atoms with Crippen molar-refractivity contribution < 1.29 is 22.7 Å². The summed E-state index contributed by atoms with van der Waals surface area (Å²) in [5.41, 5.74) is 8.57. The van der Waals surface area contributed by atoms with E-state index in [1.54, 1.807) is 0 Å². The molecular formula is C9H10F4N2O. The number of nitrogens with two attached hydrogens (primary N) is 2. The molecule has 0 aliphatic heterocycles. The average Bonchev–Trinajstić information content (AvgIpc) is 2.14. The van der Waals surface area contributed by atoms with Gasteiger partial charge < -0.3 is 16.6 Å². The first-order valence-corrected chi connectivity index (χ1v) is 4.32. The molecule has 0 aliphatic carbocycles. The van der Waals surface area contributed by atoms with E-state index in [9.17, 15) is 22.7 Å². The Hall–Kier alpha value is -1.34. The molecule has 0 spiro atoms. The quantitative estimate of drug-likeness (QED) is 0.684. The summed E-state index contributed by atoms with van der Waals surface area (Å²) in [6, 6.07) is -0.345. The van der Waals surface area contributed by atoms with E-state index in [4.69, 9.17) is 11.5 Å². The molecule has 1 aromatic carbocycles. The minimum absolute atomic E-state index is 0.282. The number of halogens is 4. The van der Waals surface area contributed by atoms with Crippen LogP contribution in [0.3, 0.4) is 0 Å². The van der Waals surface area contributed by atoms with Crippen molar-refractivity contribution in [1.82, 2.24) is 0 Å². The third-order valence-corrected chi connectivity index (χ3v) is 2.05. The number of phenols is 1. The van der Waals surface area contributed by atoms with Gasteiger partial charge in [0.1, 0.15) is 11.6 Å². The van der Waals surface area contributed by atoms with E-state index in [0.29, 0.717) is 6.07 Å². The molecule has 0 radical (unpaired) electrons. The molecular weight excluding hydrogens is 228 g/mol. The Morgan fingerprint density at radius 1 is 1.31 bits per heavy atom. The first-order valence-electron chi connectivity index (χ1n) is 4.32. The molecule has 0 bridgehead atoms. The fraction of sp³-hybridized carbons (Fsp3) is 0.333. The van der Waals surface area contributed by atoms with E-state index in [-0.39, 0.29) is 12.6 Å². The molecule has 0 fully saturated rings. The van der Waals surface area contributed by atoms with Crippen LogP contribution in [0.1, 0.15) is 17.2 Å². The van der Waals surface area contributed by atoms with E-state index in [1.165, 1.54) is 0 Å². The first kappa shape index (κ1) is 12.7. The Balaban J connectivity index is 3.44. The third kappa shape index (κ3) is 2.42. The van der Waals surface area contributed by atoms with Gasteiger partial charge in [0.15, 0.2) is 0 Å². The summed E-state index contributed by atoms with van der Waals surface area (Å²) in [7, 11) is 0. The fourth-order valence-electron chi connectivity index (χ4n) is 1.35. The van der Waals surface area contributed by atoms with E-state index in [0.717, 1.165) is 0 Å². The molecule has 0 heterocycles. The standard InChI is InChI=1S/C9H10F4N2O/c10-4-1-5(9(11,12)13)8(6(15)3-14)7(16)2-4/h1-2,6,16H,3,14-15H2/t6-/m1/s1. The highest BCUT2D eigenvalue weighted by Gasteiger charge is 2.36. The second-order valence-corrected chi connectivity index (χ2v) is 3.23. The van der Waals surface area contributed by atoms with Crippen molar-refractivity contribution in [3.63, 3.8) is 0 Å². The maximum Gasteiger partial charge on any atom is 0.416 e. The number of benzene rings is 1. The lowest BCUT2D eigenvalue weighted by atomic mass is 9.99. The number of hydrogen-bond acceptors (Lipinski definition) is 3. The van der Waals surface area contributed by atoms with Crippen LogP contribution in [0.2, 0.25) is 0 Å². The summed E-state index contributed by atoms with van der Waals surface area (Å²) < 4.78 is 50.4. The lowest BCUT2D eigenvalue weighted by Gasteiger charge is -2.18. The SMILES string of the molecule is NC[C@@H](N)c1c(O)cc(F)cc1C(F)(F)F. The van der Waals surface area contributed by atoms with E-state index in [2.05, 4.69) is 0 Å². The topological polar surface area (TPSA) is 72.3 Å². The zero-order chi connectivity index (χ0) is 12.5. The summed E-state index contributed by atoms with van der Waals surface area (Å²) in [6.45, 7) is -0.289. The first-order chi connectivity index (χ1) is 7.27. The number of rotatable bonds is 2. The summed E-state index contributed by atoms with van der Waals surface area (Å²) in [4.78, 5) is 0. The molecule has 0 saturated heterocycles. The molecule has 0 aliphatic rings. The summed E-state index contributed by atoms with van der Waals surface area (Å²) >= 11 is 0. The van der Waals surface area contributed by atoms with Crippen LogP contribution in [-0.2, 0) is 6.18 Å². The van der Waals surface area contributed by atoms with Crippen LogP contribution < -0.4 is 11.5 Å². The molecule has 0 aromatic heterocycles. The van der Waals surface area contributed by atoms with Crippen LogP contribution >= 0.6 is 0 Å². The monoisotopic (exact) mass is 238 g/mol. The van der Waals surface area contributed by atoms with E-state index in [1.807, 2.05) is 0 Å². The van der Waals surface area contributed by atoms with Crippen LogP contribution in [0.25, 0.3) is 0 Å². The zero-order valence-electron chi connectivity index (χ0n) is 8.05. The highest BCUT2D eigenvalue weighted by molar-refractivity contribution is 5.43. The van der Waals surface area contributed by atoms with Crippen LogP contribution in [-0.4, -0.2) is 11.7 Å².